The lowest BCUT2D eigenvalue weighted by Crippen LogP contribution is -2.32. The van der Waals surface area contributed by atoms with Crippen molar-refractivity contribution in [1.82, 2.24) is 14.9 Å². The third kappa shape index (κ3) is 3.66. The normalized spacial score (nSPS) is 10.0. The van der Waals surface area contributed by atoms with Crippen molar-refractivity contribution in [2.24, 2.45) is 0 Å². The molecule has 0 aliphatic heterocycles. The molecule has 0 bridgehead atoms. The number of likely N-dealkylation sites (N-methyl/N-ethyl adjacent to an activating group) is 1. The Morgan fingerprint density at radius 2 is 2.25 bits per heavy atom. The summed E-state index contributed by atoms with van der Waals surface area (Å²) in [5.74, 6) is 1.15. The highest BCUT2D eigenvalue weighted by atomic mass is 35.5. The first-order valence-electron chi connectivity index (χ1n) is 5.02. The van der Waals surface area contributed by atoms with Crippen molar-refractivity contribution in [1.29, 1.82) is 0 Å². The van der Waals surface area contributed by atoms with E-state index < -0.39 is 0 Å². The van der Waals surface area contributed by atoms with Gasteiger partial charge in [-0.1, -0.05) is 11.6 Å². The van der Waals surface area contributed by atoms with Gasteiger partial charge in [-0.25, -0.2) is 9.97 Å². The standard InChI is InChI=1S/C10H15ClN4O/c1-4-15(3)10(16)6-12-9-5-8(11)13-7(2)14-9/h5H,4,6H2,1-3H3,(H,12,13,14). The topological polar surface area (TPSA) is 58.1 Å². The molecule has 1 heterocycles. The molecule has 0 atom stereocenters. The Morgan fingerprint density at radius 3 is 2.81 bits per heavy atom. The Balaban J connectivity index is 2.58. The molecule has 5 nitrogen and oxygen atoms in total. The molecule has 0 unspecified atom stereocenters. The number of nitrogens with zero attached hydrogens (tertiary/aromatic N) is 3. The molecule has 6 heteroatoms. The Hall–Kier alpha value is -1.36. The fourth-order valence-corrected chi connectivity index (χ4v) is 1.32. The lowest BCUT2D eigenvalue weighted by atomic mass is 10.4. The number of aromatic nitrogens is 2. The number of nitrogens with one attached hydrogen (secondary N) is 1. The number of rotatable bonds is 4. The van der Waals surface area contributed by atoms with E-state index in [0.29, 0.717) is 23.3 Å². The second-order valence-corrected chi connectivity index (χ2v) is 3.77. The average molecular weight is 243 g/mol. The zero-order valence-electron chi connectivity index (χ0n) is 9.62. The lowest BCUT2D eigenvalue weighted by Gasteiger charge is -2.15. The Labute approximate surface area is 99.8 Å². The van der Waals surface area contributed by atoms with E-state index in [1.54, 1.807) is 24.9 Å². The largest absolute Gasteiger partial charge is 0.361 e. The molecule has 0 fully saturated rings. The highest BCUT2D eigenvalue weighted by molar-refractivity contribution is 6.29. The van der Waals surface area contributed by atoms with Gasteiger partial charge in [0.25, 0.3) is 0 Å². The average Bonchev–Trinajstić information content (AvgIpc) is 2.23. The van der Waals surface area contributed by atoms with Crippen molar-refractivity contribution in [2.75, 3.05) is 25.5 Å². The van der Waals surface area contributed by atoms with Crippen LogP contribution in [0.3, 0.4) is 0 Å². The summed E-state index contributed by atoms with van der Waals surface area (Å²) in [5, 5.41) is 3.28. The molecule has 0 aliphatic rings. The molecular formula is C10H15ClN4O. The summed E-state index contributed by atoms with van der Waals surface area (Å²) < 4.78 is 0. The minimum absolute atomic E-state index is 0.00916. The Bertz CT molecular complexity index is 363. The van der Waals surface area contributed by atoms with Crippen LogP contribution in [0.4, 0.5) is 5.82 Å². The predicted molar refractivity (Wildman–Crippen MR) is 63.6 cm³/mol. The second kappa shape index (κ2) is 5.65. The maximum atomic E-state index is 11.5. The molecule has 0 spiro atoms. The monoisotopic (exact) mass is 242 g/mol. The van der Waals surface area contributed by atoms with E-state index in [1.165, 1.54) is 0 Å². The molecule has 0 aromatic carbocycles. The van der Waals surface area contributed by atoms with Gasteiger partial charge in [-0.05, 0) is 13.8 Å². The van der Waals surface area contributed by atoms with Crippen LogP contribution in [0.2, 0.25) is 5.15 Å². The quantitative estimate of drug-likeness (QED) is 0.810. The first kappa shape index (κ1) is 12.7. The third-order valence-corrected chi connectivity index (χ3v) is 2.32. The van der Waals surface area contributed by atoms with E-state index in [1.807, 2.05) is 6.92 Å². The summed E-state index contributed by atoms with van der Waals surface area (Å²) in [4.78, 5) is 21.2. The molecule has 16 heavy (non-hydrogen) atoms. The van der Waals surface area contributed by atoms with E-state index in [0.717, 1.165) is 0 Å². The maximum absolute atomic E-state index is 11.5. The molecule has 1 amide bonds. The van der Waals surface area contributed by atoms with Crippen LogP contribution in [0, 0.1) is 6.92 Å². The molecule has 0 radical (unpaired) electrons. The van der Waals surface area contributed by atoms with Gasteiger partial charge in [-0.15, -0.1) is 0 Å². The first-order valence-corrected chi connectivity index (χ1v) is 5.39. The maximum Gasteiger partial charge on any atom is 0.241 e. The molecule has 1 aromatic rings. The number of halogens is 1. The van der Waals surface area contributed by atoms with Crippen LogP contribution >= 0.6 is 11.6 Å². The zero-order chi connectivity index (χ0) is 12.1. The van der Waals surface area contributed by atoms with Crippen LogP contribution in [-0.2, 0) is 4.79 Å². The van der Waals surface area contributed by atoms with Gasteiger partial charge in [-0.2, -0.15) is 0 Å². The van der Waals surface area contributed by atoms with E-state index in [4.69, 9.17) is 11.6 Å². The van der Waals surface area contributed by atoms with E-state index in [9.17, 15) is 4.79 Å². The molecule has 1 rings (SSSR count). The Morgan fingerprint density at radius 1 is 1.56 bits per heavy atom. The highest BCUT2D eigenvalue weighted by Gasteiger charge is 2.07. The van der Waals surface area contributed by atoms with Crippen LogP contribution in [0.5, 0.6) is 0 Å². The molecule has 88 valence electrons. The number of amides is 1. The molecule has 1 aromatic heterocycles. The van der Waals surface area contributed by atoms with Gasteiger partial charge in [0.2, 0.25) is 5.91 Å². The summed E-state index contributed by atoms with van der Waals surface area (Å²) in [6.45, 7) is 4.56. The van der Waals surface area contributed by atoms with Crippen molar-refractivity contribution in [2.45, 2.75) is 13.8 Å². The van der Waals surface area contributed by atoms with Gasteiger partial charge in [0, 0.05) is 19.7 Å². The van der Waals surface area contributed by atoms with E-state index in [2.05, 4.69) is 15.3 Å². The van der Waals surface area contributed by atoms with Crippen LogP contribution in [0.15, 0.2) is 6.07 Å². The Kier molecular flexibility index (Phi) is 4.49. The minimum atomic E-state index is 0.00916. The number of hydrogen-bond donors (Lipinski definition) is 1. The van der Waals surface area contributed by atoms with Gasteiger partial charge in [0.1, 0.15) is 16.8 Å². The van der Waals surface area contributed by atoms with Crippen LogP contribution < -0.4 is 5.32 Å². The lowest BCUT2D eigenvalue weighted by molar-refractivity contribution is -0.127. The first-order chi connectivity index (χ1) is 7.52. The minimum Gasteiger partial charge on any atom is -0.361 e. The summed E-state index contributed by atoms with van der Waals surface area (Å²) in [5.41, 5.74) is 0. The van der Waals surface area contributed by atoms with Crippen molar-refractivity contribution in [3.63, 3.8) is 0 Å². The second-order valence-electron chi connectivity index (χ2n) is 3.38. The van der Waals surface area contributed by atoms with Crippen molar-refractivity contribution in [3.8, 4) is 0 Å². The van der Waals surface area contributed by atoms with Crippen molar-refractivity contribution in [3.05, 3.63) is 17.0 Å². The summed E-state index contributed by atoms with van der Waals surface area (Å²) in [6, 6.07) is 1.59. The smallest absolute Gasteiger partial charge is 0.241 e. The molecule has 0 saturated heterocycles. The number of hydrogen-bond acceptors (Lipinski definition) is 4. The van der Waals surface area contributed by atoms with Crippen molar-refractivity contribution < 1.29 is 4.79 Å². The zero-order valence-corrected chi connectivity index (χ0v) is 10.4. The van der Waals surface area contributed by atoms with E-state index in [-0.39, 0.29) is 12.5 Å². The van der Waals surface area contributed by atoms with Crippen molar-refractivity contribution >= 4 is 23.3 Å². The summed E-state index contributed by atoms with van der Waals surface area (Å²) in [7, 11) is 1.75. The third-order valence-electron chi connectivity index (χ3n) is 2.13. The van der Waals surface area contributed by atoms with Gasteiger partial charge >= 0.3 is 0 Å². The number of anilines is 1. The SMILES string of the molecule is CCN(C)C(=O)CNc1cc(Cl)nc(C)n1. The van der Waals surface area contributed by atoms with Gasteiger partial charge < -0.3 is 10.2 Å². The fraction of sp³-hybridized carbons (Fsp3) is 0.500. The predicted octanol–water partition coefficient (Wildman–Crippen LogP) is 1.33. The number of aryl methyl sites for hydroxylation is 1. The number of carbonyl (C=O) groups excluding carboxylic acids is 1. The molecular weight excluding hydrogens is 228 g/mol. The van der Waals surface area contributed by atoms with Crippen LogP contribution in [-0.4, -0.2) is 40.9 Å². The summed E-state index contributed by atoms with van der Waals surface area (Å²) in [6.07, 6.45) is 0. The highest BCUT2D eigenvalue weighted by Crippen LogP contribution is 2.10. The van der Waals surface area contributed by atoms with Gasteiger partial charge in [-0.3, -0.25) is 4.79 Å². The number of carbonyl (C=O) groups is 1. The van der Waals surface area contributed by atoms with Gasteiger partial charge in [0.15, 0.2) is 0 Å². The van der Waals surface area contributed by atoms with Gasteiger partial charge in [0.05, 0.1) is 6.54 Å². The van der Waals surface area contributed by atoms with Crippen LogP contribution in [0.1, 0.15) is 12.7 Å². The van der Waals surface area contributed by atoms with Crippen LogP contribution in [0.25, 0.3) is 0 Å². The molecule has 0 aliphatic carbocycles. The summed E-state index contributed by atoms with van der Waals surface area (Å²) >= 11 is 5.77. The molecule has 0 saturated carbocycles. The van der Waals surface area contributed by atoms with E-state index >= 15 is 0 Å². The fourth-order valence-electron chi connectivity index (χ4n) is 1.10. The molecule has 1 N–H and O–H groups in total.